The minimum Gasteiger partial charge on any atom is -0.444 e. The van der Waals surface area contributed by atoms with Crippen molar-refractivity contribution in [3.63, 3.8) is 0 Å². The van der Waals surface area contributed by atoms with E-state index in [0.29, 0.717) is 6.54 Å². The fraction of sp³-hybridized carbons (Fsp3) is 0.600. The zero-order valence-electron chi connectivity index (χ0n) is 13.0. The highest BCUT2D eigenvalue weighted by molar-refractivity contribution is 7.07. The number of hydrogen-bond acceptors (Lipinski definition) is 4. The van der Waals surface area contributed by atoms with Gasteiger partial charge in [-0.05, 0) is 38.8 Å². The van der Waals surface area contributed by atoms with Gasteiger partial charge in [0.05, 0.1) is 11.2 Å². The lowest BCUT2D eigenvalue weighted by Gasteiger charge is -2.23. The molecule has 112 valence electrons. The summed E-state index contributed by atoms with van der Waals surface area (Å²) >= 11 is 1.58. The van der Waals surface area contributed by atoms with Crippen molar-refractivity contribution < 1.29 is 9.53 Å². The van der Waals surface area contributed by atoms with E-state index in [-0.39, 0.29) is 6.09 Å². The van der Waals surface area contributed by atoms with Crippen LogP contribution in [0.25, 0.3) is 6.08 Å². The van der Waals surface area contributed by atoms with Crippen LogP contribution in [-0.4, -0.2) is 34.7 Å². The third kappa shape index (κ3) is 5.33. The van der Waals surface area contributed by atoms with Crippen LogP contribution in [0.15, 0.2) is 16.5 Å². The van der Waals surface area contributed by atoms with E-state index in [0.717, 1.165) is 18.7 Å². The Morgan fingerprint density at radius 2 is 2.15 bits per heavy atom. The number of hydrogen-bond donors (Lipinski definition) is 0. The van der Waals surface area contributed by atoms with E-state index >= 15 is 0 Å². The Labute approximate surface area is 125 Å². The molecular formula is C15H24N2O2S. The third-order valence-corrected chi connectivity index (χ3v) is 3.16. The first-order chi connectivity index (χ1) is 9.44. The molecule has 1 aliphatic rings. The molecule has 1 fully saturated rings. The van der Waals surface area contributed by atoms with Crippen molar-refractivity contribution in [3.05, 3.63) is 22.2 Å². The van der Waals surface area contributed by atoms with Gasteiger partial charge in [0.25, 0.3) is 0 Å². The highest BCUT2D eigenvalue weighted by Gasteiger charge is 2.26. The smallest absolute Gasteiger partial charge is 0.410 e. The lowest BCUT2D eigenvalue weighted by molar-refractivity contribution is 0.0299. The molecule has 5 heteroatoms. The van der Waals surface area contributed by atoms with Gasteiger partial charge in [0.15, 0.2) is 0 Å². The quantitative estimate of drug-likeness (QED) is 0.780. The Bertz CT molecular complexity index is 447. The molecule has 0 spiro atoms. The second-order valence-corrected chi connectivity index (χ2v) is 6.09. The van der Waals surface area contributed by atoms with E-state index < -0.39 is 5.60 Å². The minimum atomic E-state index is -0.432. The number of rotatable bonds is 1. The second-order valence-electron chi connectivity index (χ2n) is 5.37. The first-order valence-corrected chi connectivity index (χ1v) is 7.94. The molecule has 0 N–H and O–H groups in total. The van der Waals surface area contributed by atoms with E-state index in [2.05, 4.69) is 11.1 Å². The Hall–Kier alpha value is -1.36. The summed E-state index contributed by atoms with van der Waals surface area (Å²) in [4.78, 5) is 17.8. The molecule has 20 heavy (non-hydrogen) atoms. The predicted octanol–water partition coefficient (Wildman–Crippen LogP) is 4.19. The van der Waals surface area contributed by atoms with Gasteiger partial charge >= 0.3 is 6.09 Å². The molecule has 0 unspecified atom stereocenters. The van der Waals surface area contributed by atoms with E-state index in [1.165, 1.54) is 5.57 Å². The zero-order chi connectivity index (χ0) is 15.2. The number of amides is 1. The molecule has 0 bridgehead atoms. The molecule has 0 aromatic carbocycles. The van der Waals surface area contributed by atoms with Crippen molar-refractivity contribution in [3.8, 4) is 0 Å². The molecule has 1 aliphatic heterocycles. The molecular weight excluding hydrogens is 272 g/mol. The molecule has 1 aromatic rings. The molecule has 0 aliphatic carbocycles. The molecule has 1 saturated heterocycles. The average Bonchev–Trinajstić information content (AvgIpc) is 3.01. The topological polar surface area (TPSA) is 42.4 Å². The Morgan fingerprint density at radius 1 is 1.45 bits per heavy atom. The van der Waals surface area contributed by atoms with E-state index in [1.807, 2.05) is 45.5 Å². The van der Waals surface area contributed by atoms with Crippen molar-refractivity contribution in [2.24, 2.45) is 0 Å². The molecule has 2 rings (SSSR count). The lowest BCUT2D eigenvalue weighted by atomic mass is 10.2. The van der Waals surface area contributed by atoms with Crippen molar-refractivity contribution in [2.75, 3.05) is 13.1 Å². The monoisotopic (exact) mass is 296 g/mol. The van der Waals surface area contributed by atoms with Gasteiger partial charge in [0.2, 0.25) is 0 Å². The van der Waals surface area contributed by atoms with Crippen LogP contribution < -0.4 is 0 Å². The number of nitrogens with zero attached hydrogens (tertiary/aromatic N) is 2. The first kappa shape index (κ1) is 16.7. The van der Waals surface area contributed by atoms with Gasteiger partial charge in [-0.2, -0.15) is 0 Å². The summed E-state index contributed by atoms with van der Waals surface area (Å²) in [5, 5.41) is 2.00. The van der Waals surface area contributed by atoms with Gasteiger partial charge in [0.1, 0.15) is 5.60 Å². The van der Waals surface area contributed by atoms with Crippen molar-refractivity contribution in [1.29, 1.82) is 0 Å². The normalized spacial score (nSPS) is 16.9. The van der Waals surface area contributed by atoms with Crippen LogP contribution in [0, 0.1) is 0 Å². The summed E-state index contributed by atoms with van der Waals surface area (Å²) in [5.41, 5.74) is 3.58. The maximum absolute atomic E-state index is 11.9. The van der Waals surface area contributed by atoms with Crippen molar-refractivity contribution >= 4 is 23.5 Å². The number of carbonyl (C=O) groups is 1. The van der Waals surface area contributed by atoms with Crippen LogP contribution in [0.5, 0.6) is 0 Å². The molecule has 1 aromatic heterocycles. The largest absolute Gasteiger partial charge is 0.444 e. The van der Waals surface area contributed by atoms with E-state index in [4.69, 9.17) is 4.74 Å². The van der Waals surface area contributed by atoms with Crippen LogP contribution in [0.1, 0.15) is 46.7 Å². The van der Waals surface area contributed by atoms with Crippen LogP contribution in [0.3, 0.4) is 0 Å². The fourth-order valence-corrected chi connectivity index (χ4v) is 2.30. The summed E-state index contributed by atoms with van der Waals surface area (Å²) in [6.07, 6.45) is 2.72. The zero-order valence-corrected chi connectivity index (χ0v) is 13.8. The highest BCUT2D eigenvalue weighted by Crippen LogP contribution is 2.20. The molecule has 1 amide bonds. The molecule has 0 radical (unpaired) electrons. The van der Waals surface area contributed by atoms with Crippen LogP contribution in [0.4, 0.5) is 4.79 Å². The molecule has 0 atom stereocenters. The summed E-state index contributed by atoms with van der Waals surface area (Å²) in [5.74, 6) is 0. The highest BCUT2D eigenvalue weighted by atomic mass is 32.1. The number of thiazole rings is 1. The fourth-order valence-electron chi connectivity index (χ4n) is 1.78. The average molecular weight is 296 g/mol. The number of carbonyl (C=O) groups excluding carboxylic acids is 1. The summed E-state index contributed by atoms with van der Waals surface area (Å²) < 4.78 is 5.35. The van der Waals surface area contributed by atoms with Crippen LogP contribution in [0.2, 0.25) is 0 Å². The van der Waals surface area contributed by atoms with Gasteiger partial charge < -0.3 is 9.64 Å². The maximum atomic E-state index is 11.9. The summed E-state index contributed by atoms with van der Waals surface area (Å²) in [7, 11) is 0. The van der Waals surface area contributed by atoms with Gasteiger partial charge in [-0.25, -0.2) is 9.78 Å². The number of aromatic nitrogens is 1. The molecule has 2 heterocycles. The third-order valence-electron chi connectivity index (χ3n) is 2.55. The first-order valence-electron chi connectivity index (χ1n) is 6.99. The summed E-state index contributed by atoms with van der Waals surface area (Å²) in [6, 6.07) is 0. The maximum Gasteiger partial charge on any atom is 0.410 e. The van der Waals surface area contributed by atoms with Gasteiger partial charge in [-0.3, -0.25) is 0 Å². The summed E-state index contributed by atoms with van der Waals surface area (Å²) in [6.45, 7) is 11.0. The molecule has 0 saturated carbocycles. The van der Waals surface area contributed by atoms with Gasteiger partial charge in [0, 0.05) is 18.5 Å². The van der Waals surface area contributed by atoms with Crippen molar-refractivity contribution in [2.45, 2.75) is 46.6 Å². The lowest BCUT2D eigenvalue weighted by Crippen LogP contribution is -2.34. The van der Waals surface area contributed by atoms with E-state index in [1.54, 1.807) is 16.2 Å². The predicted molar refractivity (Wildman–Crippen MR) is 83.9 cm³/mol. The Morgan fingerprint density at radius 3 is 2.70 bits per heavy atom. The number of likely N-dealkylation sites (tertiary alicyclic amines) is 1. The van der Waals surface area contributed by atoms with Crippen LogP contribution in [-0.2, 0) is 4.74 Å². The Kier molecular flexibility index (Phi) is 6.20. The van der Waals surface area contributed by atoms with E-state index in [9.17, 15) is 4.79 Å². The van der Waals surface area contributed by atoms with Crippen LogP contribution >= 0.6 is 11.3 Å². The second kappa shape index (κ2) is 7.43. The Balaban J connectivity index is 0.000000956. The number of ether oxygens (including phenoxy) is 1. The molecule has 4 nitrogen and oxygen atoms in total. The van der Waals surface area contributed by atoms with Gasteiger partial charge in [-0.15, -0.1) is 11.3 Å². The minimum absolute atomic E-state index is 0.232. The standard InChI is InChI=1S/C13H18N2O2S.C2H6/c1-13(2,3)17-12(16)15-5-4-10(7-15)6-11-8-18-9-14-11;1-2/h6,8-9H,4-5,7H2,1-3H3;1-2H3/b10-6-;. The van der Waals surface area contributed by atoms with Crippen molar-refractivity contribution in [1.82, 2.24) is 9.88 Å². The SMILES string of the molecule is CC.CC(C)(C)OC(=O)N1CC/C(=C/c2cscn2)C1. The van der Waals surface area contributed by atoms with Gasteiger partial charge in [-0.1, -0.05) is 13.8 Å².